The van der Waals surface area contributed by atoms with Crippen LogP contribution in [0.5, 0.6) is 0 Å². The molecule has 1 saturated heterocycles. The summed E-state index contributed by atoms with van der Waals surface area (Å²) in [6, 6.07) is -0.203. The molecule has 3 atom stereocenters. The van der Waals surface area contributed by atoms with Crippen molar-refractivity contribution in [2.24, 2.45) is 0 Å². The number of hydrogen-bond donors (Lipinski definition) is 2. The molecule has 4 nitrogen and oxygen atoms in total. The lowest BCUT2D eigenvalue weighted by Crippen LogP contribution is -2.52. The van der Waals surface area contributed by atoms with Crippen molar-refractivity contribution in [2.75, 3.05) is 6.54 Å². The van der Waals surface area contributed by atoms with Crippen LogP contribution in [0.4, 0.5) is 0 Å². The van der Waals surface area contributed by atoms with Gasteiger partial charge in [0, 0.05) is 13.5 Å². The van der Waals surface area contributed by atoms with Gasteiger partial charge in [0.05, 0.1) is 12.1 Å². The van der Waals surface area contributed by atoms with E-state index in [4.69, 9.17) is 0 Å². The molecular weight excluding hydrogens is 194 g/mol. The van der Waals surface area contributed by atoms with Gasteiger partial charge in [0.1, 0.15) is 6.10 Å². The smallest absolute Gasteiger partial charge is 0.219 e. The third kappa shape index (κ3) is 2.92. The average Bonchev–Trinajstić information content (AvgIpc) is 2.27. The predicted octanol–water partition coefficient (Wildman–Crippen LogP) is 0.519. The minimum Gasteiger partial charge on any atom is -0.390 e. The lowest BCUT2D eigenvalue weighted by Gasteiger charge is -2.39. The zero-order chi connectivity index (χ0) is 11.4. The molecule has 1 fully saturated rings. The first-order valence-corrected chi connectivity index (χ1v) is 5.71. The first-order chi connectivity index (χ1) is 7.07. The second-order valence-electron chi connectivity index (χ2n) is 4.24. The van der Waals surface area contributed by atoms with E-state index in [1.807, 2.05) is 6.92 Å². The Morgan fingerprint density at radius 1 is 1.47 bits per heavy atom. The molecule has 0 bridgehead atoms. The van der Waals surface area contributed by atoms with Crippen LogP contribution in [0.1, 0.15) is 39.5 Å². The van der Waals surface area contributed by atoms with Crippen LogP contribution < -0.4 is 0 Å². The monoisotopic (exact) mass is 215 g/mol. The van der Waals surface area contributed by atoms with E-state index in [2.05, 4.69) is 0 Å². The summed E-state index contributed by atoms with van der Waals surface area (Å²) in [5, 5.41) is 19.5. The van der Waals surface area contributed by atoms with E-state index in [1.54, 1.807) is 4.90 Å². The number of rotatable bonds is 3. The highest BCUT2D eigenvalue weighted by atomic mass is 16.3. The molecule has 0 spiro atoms. The van der Waals surface area contributed by atoms with Crippen molar-refractivity contribution >= 4 is 5.91 Å². The van der Waals surface area contributed by atoms with Gasteiger partial charge < -0.3 is 15.1 Å². The fourth-order valence-corrected chi connectivity index (χ4v) is 2.20. The zero-order valence-electron chi connectivity index (χ0n) is 9.52. The standard InChI is InChI=1S/C11H21NO3/c1-3-10(14)11(15)9-6-4-5-7-12(9)8(2)13/h9-11,14-15H,3-7H2,1-2H3. The van der Waals surface area contributed by atoms with E-state index >= 15 is 0 Å². The number of likely N-dealkylation sites (tertiary alicyclic amines) is 1. The van der Waals surface area contributed by atoms with Gasteiger partial charge in [-0.3, -0.25) is 4.79 Å². The molecule has 2 N–H and O–H groups in total. The Hall–Kier alpha value is -0.610. The molecule has 15 heavy (non-hydrogen) atoms. The number of aliphatic hydroxyl groups excluding tert-OH is 2. The van der Waals surface area contributed by atoms with Gasteiger partial charge in [0.15, 0.2) is 0 Å². The maximum atomic E-state index is 11.4. The summed E-state index contributed by atoms with van der Waals surface area (Å²) in [6.45, 7) is 4.05. The van der Waals surface area contributed by atoms with Crippen molar-refractivity contribution < 1.29 is 15.0 Å². The summed E-state index contributed by atoms with van der Waals surface area (Å²) in [6.07, 6.45) is 1.78. The Kier molecular flexibility index (Phi) is 4.54. The molecule has 0 radical (unpaired) electrons. The highest BCUT2D eigenvalue weighted by molar-refractivity contribution is 5.73. The highest BCUT2D eigenvalue weighted by Crippen LogP contribution is 2.22. The average molecular weight is 215 g/mol. The molecule has 1 amide bonds. The van der Waals surface area contributed by atoms with Crippen molar-refractivity contribution in [3.63, 3.8) is 0 Å². The first kappa shape index (κ1) is 12.5. The lowest BCUT2D eigenvalue weighted by atomic mass is 9.93. The summed E-state index contributed by atoms with van der Waals surface area (Å²) in [4.78, 5) is 13.0. The maximum absolute atomic E-state index is 11.4. The van der Waals surface area contributed by atoms with Gasteiger partial charge in [-0.2, -0.15) is 0 Å². The van der Waals surface area contributed by atoms with E-state index in [-0.39, 0.29) is 11.9 Å². The van der Waals surface area contributed by atoms with Crippen molar-refractivity contribution in [1.82, 2.24) is 4.90 Å². The normalized spacial score (nSPS) is 26.1. The summed E-state index contributed by atoms with van der Waals surface area (Å²) < 4.78 is 0. The molecule has 4 heteroatoms. The van der Waals surface area contributed by atoms with Gasteiger partial charge in [-0.05, 0) is 25.7 Å². The fourth-order valence-electron chi connectivity index (χ4n) is 2.20. The first-order valence-electron chi connectivity index (χ1n) is 5.71. The molecule has 0 aliphatic carbocycles. The van der Waals surface area contributed by atoms with Crippen LogP contribution in [0.25, 0.3) is 0 Å². The van der Waals surface area contributed by atoms with Crippen LogP contribution in [-0.4, -0.2) is 45.8 Å². The van der Waals surface area contributed by atoms with E-state index < -0.39 is 12.2 Å². The molecule has 1 rings (SSSR count). The topological polar surface area (TPSA) is 60.8 Å². The number of amides is 1. The molecule has 0 aromatic carbocycles. The van der Waals surface area contributed by atoms with Crippen LogP contribution in [0.2, 0.25) is 0 Å². The second kappa shape index (κ2) is 5.47. The van der Waals surface area contributed by atoms with Crippen LogP contribution in [0.3, 0.4) is 0 Å². The van der Waals surface area contributed by atoms with E-state index in [1.165, 1.54) is 6.92 Å². The maximum Gasteiger partial charge on any atom is 0.219 e. The number of carbonyl (C=O) groups excluding carboxylic acids is 1. The number of carbonyl (C=O) groups is 1. The quantitative estimate of drug-likeness (QED) is 0.721. The van der Waals surface area contributed by atoms with Crippen LogP contribution >= 0.6 is 0 Å². The van der Waals surface area contributed by atoms with Gasteiger partial charge in [0.25, 0.3) is 0 Å². The minimum absolute atomic E-state index is 0.0120. The molecule has 0 aromatic rings. The Morgan fingerprint density at radius 2 is 2.13 bits per heavy atom. The Balaban J connectivity index is 2.67. The van der Waals surface area contributed by atoms with E-state index in [0.717, 1.165) is 19.3 Å². The number of hydrogen-bond acceptors (Lipinski definition) is 3. The van der Waals surface area contributed by atoms with Gasteiger partial charge in [-0.1, -0.05) is 6.92 Å². The van der Waals surface area contributed by atoms with Crippen LogP contribution in [0, 0.1) is 0 Å². The summed E-state index contributed by atoms with van der Waals surface area (Å²) in [5.41, 5.74) is 0. The third-order valence-corrected chi connectivity index (χ3v) is 3.16. The molecule has 1 heterocycles. The number of piperidine rings is 1. The van der Waals surface area contributed by atoms with Crippen molar-refractivity contribution in [1.29, 1.82) is 0 Å². The number of aliphatic hydroxyl groups is 2. The van der Waals surface area contributed by atoms with Gasteiger partial charge in [0.2, 0.25) is 5.91 Å². The summed E-state index contributed by atoms with van der Waals surface area (Å²) in [5.74, 6) is -0.0120. The van der Waals surface area contributed by atoms with Crippen LogP contribution in [-0.2, 0) is 4.79 Å². The third-order valence-electron chi connectivity index (χ3n) is 3.16. The Morgan fingerprint density at radius 3 is 2.67 bits per heavy atom. The van der Waals surface area contributed by atoms with Crippen molar-refractivity contribution in [2.45, 2.75) is 57.8 Å². The lowest BCUT2D eigenvalue weighted by molar-refractivity contribution is -0.138. The Bertz CT molecular complexity index is 220. The van der Waals surface area contributed by atoms with Crippen molar-refractivity contribution in [3.8, 4) is 0 Å². The number of nitrogens with zero attached hydrogens (tertiary/aromatic N) is 1. The summed E-state index contributed by atoms with van der Waals surface area (Å²) in [7, 11) is 0. The van der Waals surface area contributed by atoms with Gasteiger partial charge in [-0.25, -0.2) is 0 Å². The molecule has 3 unspecified atom stereocenters. The molecule has 1 aliphatic heterocycles. The minimum atomic E-state index is -0.806. The van der Waals surface area contributed by atoms with E-state index in [0.29, 0.717) is 13.0 Å². The molecule has 0 saturated carbocycles. The predicted molar refractivity (Wildman–Crippen MR) is 57.3 cm³/mol. The fraction of sp³-hybridized carbons (Fsp3) is 0.909. The molecule has 88 valence electrons. The largest absolute Gasteiger partial charge is 0.390 e. The molecular formula is C11H21NO3. The van der Waals surface area contributed by atoms with Gasteiger partial charge in [-0.15, -0.1) is 0 Å². The summed E-state index contributed by atoms with van der Waals surface area (Å²) >= 11 is 0. The SMILES string of the molecule is CCC(O)C(O)C1CCCCN1C(C)=O. The van der Waals surface area contributed by atoms with Crippen molar-refractivity contribution in [3.05, 3.63) is 0 Å². The van der Waals surface area contributed by atoms with Crippen LogP contribution in [0.15, 0.2) is 0 Å². The Labute approximate surface area is 90.9 Å². The molecule has 1 aliphatic rings. The zero-order valence-corrected chi connectivity index (χ0v) is 9.52. The second-order valence-corrected chi connectivity index (χ2v) is 4.24. The highest BCUT2D eigenvalue weighted by Gasteiger charge is 2.33. The van der Waals surface area contributed by atoms with Gasteiger partial charge >= 0.3 is 0 Å². The molecule has 0 aromatic heterocycles. The van der Waals surface area contributed by atoms with E-state index in [9.17, 15) is 15.0 Å².